The van der Waals surface area contributed by atoms with E-state index in [9.17, 15) is 32.3 Å². The summed E-state index contributed by atoms with van der Waals surface area (Å²) in [5.41, 5.74) is 1.78. The summed E-state index contributed by atoms with van der Waals surface area (Å²) in [7, 11) is 0. The quantitative estimate of drug-likeness (QED) is 0.270. The number of halogens is 5. The molecule has 0 fully saturated rings. The first kappa shape index (κ1) is 25.8. The van der Waals surface area contributed by atoms with Gasteiger partial charge in [-0.15, -0.1) is 0 Å². The average molecular weight is 572 g/mol. The molecular formula is C27H18ClF4N5O3. The van der Waals surface area contributed by atoms with Crippen LogP contribution in [0.1, 0.15) is 45.7 Å². The Balaban J connectivity index is 1.46. The summed E-state index contributed by atoms with van der Waals surface area (Å²) < 4.78 is 54.7. The molecule has 0 aliphatic carbocycles. The zero-order chi connectivity index (χ0) is 28.3. The third kappa shape index (κ3) is 4.34. The summed E-state index contributed by atoms with van der Waals surface area (Å²) in [4.78, 5) is 27.8. The predicted octanol–water partition coefficient (Wildman–Crippen LogP) is 5.80. The Bertz CT molecular complexity index is 1690. The Kier molecular flexibility index (Phi) is 6.23. The van der Waals surface area contributed by atoms with Gasteiger partial charge in [-0.3, -0.25) is 9.69 Å². The summed E-state index contributed by atoms with van der Waals surface area (Å²) in [6, 6.07) is 8.58. The van der Waals surface area contributed by atoms with Crippen molar-refractivity contribution in [2.24, 2.45) is 0 Å². The third-order valence-corrected chi connectivity index (χ3v) is 7.22. The second kappa shape index (κ2) is 9.65. The summed E-state index contributed by atoms with van der Waals surface area (Å²) >= 11 is 6.34. The highest BCUT2D eigenvalue weighted by molar-refractivity contribution is 6.31. The summed E-state index contributed by atoms with van der Waals surface area (Å²) in [5, 5.41) is 19.7. The number of amides is 3. The maximum absolute atomic E-state index is 14.2. The minimum Gasteiger partial charge on any atom is -0.386 e. The molecule has 2 aliphatic rings. The molecule has 0 spiro atoms. The van der Waals surface area contributed by atoms with Crippen LogP contribution in [0.2, 0.25) is 5.02 Å². The molecule has 0 unspecified atom stereocenters. The lowest BCUT2D eigenvalue weighted by atomic mass is 9.93. The van der Waals surface area contributed by atoms with E-state index in [1.165, 1.54) is 35.4 Å². The van der Waals surface area contributed by atoms with Crippen molar-refractivity contribution in [1.82, 2.24) is 15.1 Å². The van der Waals surface area contributed by atoms with E-state index in [1.807, 2.05) is 0 Å². The van der Waals surface area contributed by atoms with Crippen LogP contribution in [0.3, 0.4) is 0 Å². The van der Waals surface area contributed by atoms with Crippen molar-refractivity contribution in [3.63, 3.8) is 0 Å². The van der Waals surface area contributed by atoms with E-state index < -0.39 is 42.3 Å². The van der Waals surface area contributed by atoms with E-state index in [0.29, 0.717) is 10.2 Å². The van der Waals surface area contributed by atoms with Crippen molar-refractivity contribution in [3.8, 4) is 11.1 Å². The van der Waals surface area contributed by atoms with Gasteiger partial charge in [0.2, 0.25) is 0 Å². The monoisotopic (exact) mass is 571 g/mol. The van der Waals surface area contributed by atoms with Crippen LogP contribution in [-0.4, -0.2) is 33.4 Å². The lowest BCUT2D eigenvalue weighted by Gasteiger charge is -2.22. The normalized spacial score (nSPS) is 17.7. The lowest BCUT2D eigenvalue weighted by Crippen LogP contribution is -2.34. The summed E-state index contributed by atoms with van der Waals surface area (Å²) in [6.45, 7) is -3.05. The molecule has 1 aromatic heterocycles. The number of aliphatic hydroxyl groups excluding tert-OH is 1. The van der Waals surface area contributed by atoms with Crippen LogP contribution in [0.4, 0.5) is 33.7 Å². The number of alkyl halides is 2. The number of urea groups is 1. The van der Waals surface area contributed by atoms with Crippen LogP contribution in [0.15, 0.2) is 60.9 Å². The number of β-amino-alcohol motifs (C(OH)–C–C–N with tert-alkyl or cyclic N) is 1. The first-order valence-electron chi connectivity index (χ1n) is 11.9. The fourth-order valence-corrected chi connectivity index (χ4v) is 5.28. The molecule has 0 radical (unpaired) electrons. The van der Waals surface area contributed by atoms with E-state index in [4.69, 9.17) is 11.6 Å². The van der Waals surface area contributed by atoms with Crippen LogP contribution in [0, 0.1) is 11.6 Å². The van der Waals surface area contributed by atoms with Gasteiger partial charge in [0, 0.05) is 44.7 Å². The topological polar surface area (TPSA) is 99.5 Å². The molecule has 0 bridgehead atoms. The zero-order valence-electron chi connectivity index (χ0n) is 20.2. The SMILES string of the molecule is O=C1N[C@@H](c2cc(F)ccc2Cl)c2c(NC(=O)N3C[C@@H](O)c4cc(F)ccc43)cc(-c3cnn(C(F)F)c3)cc21. The Morgan fingerprint density at radius 3 is 2.52 bits per heavy atom. The van der Waals surface area contributed by atoms with Crippen molar-refractivity contribution in [2.45, 2.75) is 18.7 Å². The molecule has 0 saturated heterocycles. The minimum absolute atomic E-state index is 0.104. The number of hydrogen-bond acceptors (Lipinski definition) is 4. The Morgan fingerprint density at radius 2 is 1.80 bits per heavy atom. The van der Waals surface area contributed by atoms with Crippen molar-refractivity contribution >= 4 is 34.9 Å². The Hall–Kier alpha value is -4.42. The smallest absolute Gasteiger partial charge is 0.333 e. The fraction of sp³-hybridized carbons (Fsp3) is 0.148. The number of hydrogen-bond donors (Lipinski definition) is 3. The van der Waals surface area contributed by atoms with Gasteiger partial charge in [0.1, 0.15) is 11.6 Å². The van der Waals surface area contributed by atoms with E-state index >= 15 is 0 Å². The second-order valence-electron chi connectivity index (χ2n) is 9.30. The van der Waals surface area contributed by atoms with E-state index in [0.717, 1.165) is 30.5 Å². The number of anilines is 2. The van der Waals surface area contributed by atoms with E-state index in [2.05, 4.69) is 15.7 Å². The number of fused-ring (bicyclic) bond motifs is 2. The highest BCUT2D eigenvalue weighted by atomic mass is 35.5. The van der Waals surface area contributed by atoms with Gasteiger partial charge < -0.3 is 15.7 Å². The number of carbonyl (C=O) groups is 2. The van der Waals surface area contributed by atoms with Crippen molar-refractivity contribution in [3.05, 3.63) is 99.8 Å². The van der Waals surface area contributed by atoms with Gasteiger partial charge in [-0.2, -0.15) is 13.9 Å². The zero-order valence-corrected chi connectivity index (χ0v) is 21.0. The number of benzene rings is 3. The largest absolute Gasteiger partial charge is 0.386 e. The van der Waals surface area contributed by atoms with Crippen molar-refractivity contribution < 1.29 is 32.3 Å². The van der Waals surface area contributed by atoms with Crippen LogP contribution in [-0.2, 0) is 0 Å². The molecule has 0 saturated carbocycles. The molecule has 6 rings (SSSR count). The van der Waals surface area contributed by atoms with Crippen molar-refractivity contribution in [2.75, 3.05) is 16.8 Å². The number of carbonyl (C=O) groups excluding carboxylic acids is 2. The Labute approximate surface area is 228 Å². The second-order valence-corrected chi connectivity index (χ2v) is 9.71. The number of aromatic nitrogens is 2. The van der Waals surface area contributed by atoms with Crippen LogP contribution < -0.4 is 15.5 Å². The number of rotatable bonds is 4. The van der Waals surface area contributed by atoms with Gasteiger partial charge in [-0.1, -0.05) is 11.6 Å². The molecule has 3 aromatic carbocycles. The van der Waals surface area contributed by atoms with Gasteiger partial charge in [0.25, 0.3) is 5.91 Å². The molecule has 40 heavy (non-hydrogen) atoms. The fourth-order valence-electron chi connectivity index (χ4n) is 5.05. The van der Waals surface area contributed by atoms with Gasteiger partial charge >= 0.3 is 12.6 Å². The molecule has 8 nitrogen and oxygen atoms in total. The first-order chi connectivity index (χ1) is 19.1. The van der Waals surface area contributed by atoms with Crippen molar-refractivity contribution in [1.29, 1.82) is 0 Å². The lowest BCUT2D eigenvalue weighted by molar-refractivity contribution is 0.0566. The minimum atomic E-state index is -2.89. The Morgan fingerprint density at radius 1 is 1.07 bits per heavy atom. The van der Waals surface area contributed by atoms with Gasteiger partial charge in [0.05, 0.1) is 30.6 Å². The van der Waals surface area contributed by atoms with E-state index in [1.54, 1.807) is 0 Å². The first-order valence-corrected chi connectivity index (χ1v) is 12.3. The molecule has 3 heterocycles. The molecule has 4 aromatic rings. The molecular weight excluding hydrogens is 554 g/mol. The maximum Gasteiger partial charge on any atom is 0.333 e. The highest BCUT2D eigenvalue weighted by Gasteiger charge is 2.37. The molecule has 2 atom stereocenters. The molecule has 3 N–H and O–H groups in total. The van der Waals surface area contributed by atoms with Gasteiger partial charge in [-0.25, -0.2) is 18.3 Å². The maximum atomic E-state index is 14.2. The van der Waals surface area contributed by atoms with Crippen LogP contribution >= 0.6 is 11.6 Å². The summed E-state index contributed by atoms with van der Waals surface area (Å²) in [6.07, 6.45) is 1.15. The van der Waals surface area contributed by atoms with E-state index in [-0.39, 0.29) is 50.8 Å². The number of aliphatic hydroxyl groups is 1. The number of nitrogens with one attached hydrogen (secondary N) is 2. The molecule has 13 heteroatoms. The molecule has 204 valence electrons. The van der Waals surface area contributed by atoms with Gasteiger partial charge in [0.15, 0.2) is 0 Å². The van der Waals surface area contributed by atoms with Crippen LogP contribution in [0.5, 0.6) is 0 Å². The third-order valence-electron chi connectivity index (χ3n) is 6.87. The average Bonchev–Trinajstić information content (AvgIpc) is 3.62. The number of nitrogens with zero attached hydrogens (tertiary/aromatic N) is 3. The van der Waals surface area contributed by atoms with Crippen LogP contribution in [0.25, 0.3) is 11.1 Å². The highest BCUT2D eigenvalue weighted by Crippen LogP contribution is 2.42. The predicted molar refractivity (Wildman–Crippen MR) is 137 cm³/mol. The summed E-state index contributed by atoms with van der Waals surface area (Å²) in [5.74, 6) is -1.73. The molecule has 3 amide bonds. The molecule has 2 aliphatic heterocycles. The standard InChI is InChI=1S/C27H18ClF4N5O3/c28-19-3-1-14(29)7-16(19)24-23-18(25(39)35-24)5-12(13-9-33-37(10-13)26(31)32)6-20(23)34-27(40)36-11-22(38)17-8-15(30)2-4-21(17)36/h1-10,22,24,26,38H,11H2,(H,34,40)(H,35,39)/t22-,24+/m1/s1. The van der Waals surface area contributed by atoms with Gasteiger partial charge in [-0.05, 0) is 54.1 Å².